The Morgan fingerprint density at radius 1 is 0.921 bits per heavy atom. The zero-order valence-electron chi connectivity index (χ0n) is 21.4. The maximum absolute atomic E-state index is 13.0. The van der Waals surface area contributed by atoms with Crippen LogP contribution in [0.2, 0.25) is 5.02 Å². The lowest BCUT2D eigenvalue weighted by atomic mass is 10.1. The molecule has 0 radical (unpaired) electrons. The lowest BCUT2D eigenvalue weighted by Crippen LogP contribution is -2.38. The first kappa shape index (κ1) is 26.0. The lowest BCUT2D eigenvalue weighted by Gasteiger charge is -2.33. The van der Waals surface area contributed by atoms with Crippen molar-refractivity contribution in [1.29, 1.82) is 0 Å². The second-order valence-corrected chi connectivity index (χ2v) is 10.6. The predicted molar refractivity (Wildman–Crippen MR) is 158 cm³/mol. The number of ether oxygens (including phenoxy) is 1. The number of aryl methyl sites for hydroxylation is 2. The number of hydrogen-bond donors (Lipinski definition) is 0. The fourth-order valence-corrected chi connectivity index (χ4v) is 4.97. The van der Waals surface area contributed by atoms with Crippen molar-refractivity contribution < 1.29 is 9.53 Å². The second-order valence-electron chi connectivity index (χ2n) is 9.27. The van der Waals surface area contributed by atoms with Gasteiger partial charge in [0.1, 0.15) is 12.4 Å². The summed E-state index contributed by atoms with van der Waals surface area (Å²) in [7, 11) is 0. The van der Waals surface area contributed by atoms with Crippen LogP contribution in [0, 0.1) is 13.8 Å². The van der Waals surface area contributed by atoms with Crippen LogP contribution in [-0.2, 0) is 11.4 Å². The summed E-state index contributed by atoms with van der Waals surface area (Å²) < 4.78 is 7.28. The van der Waals surface area contributed by atoms with E-state index < -0.39 is 6.17 Å². The molecule has 0 spiro atoms. The van der Waals surface area contributed by atoms with Gasteiger partial charge in [-0.25, -0.2) is 5.01 Å². The number of carbonyl (C=O) groups excluding carboxylic acids is 1. The van der Waals surface area contributed by atoms with E-state index >= 15 is 0 Å². The summed E-state index contributed by atoms with van der Waals surface area (Å²) >= 11 is 9.86. The van der Waals surface area contributed by atoms with Gasteiger partial charge in [0, 0.05) is 27.7 Å². The molecule has 1 heterocycles. The summed E-state index contributed by atoms with van der Waals surface area (Å²) in [6, 6.07) is 29.6. The number of halogens is 2. The van der Waals surface area contributed by atoms with E-state index in [0.717, 1.165) is 32.5 Å². The first-order chi connectivity index (χ1) is 18.3. The number of hydrazone groups is 1. The van der Waals surface area contributed by atoms with Gasteiger partial charge in [0.05, 0.1) is 5.69 Å². The van der Waals surface area contributed by atoms with Crippen LogP contribution in [0.5, 0.6) is 5.75 Å². The van der Waals surface area contributed by atoms with E-state index in [1.165, 1.54) is 5.56 Å². The van der Waals surface area contributed by atoms with E-state index in [2.05, 4.69) is 41.9 Å². The molecule has 0 amide bonds. The Labute approximate surface area is 236 Å². The average molecular weight is 589 g/mol. The van der Waals surface area contributed by atoms with Crippen molar-refractivity contribution in [2.45, 2.75) is 33.5 Å². The molecular formula is C31H27BrClN3O2. The van der Waals surface area contributed by atoms with Crippen LogP contribution in [-0.4, -0.2) is 11.6 Å². The quantitative estimate of drug-likeness (QED) is 0.218. The van der Waals surface area contributed by atoms with Crippen molar-refractivity contribution in [3.05, 3.63) is 123 Å². The standard InChI is InChI=1S/C31H27BrClN3O2/c1-20-9-13-27(17-21(20)2)35-30(22(3)37)34-36(26-14-11-25(33)12-15-26)31(35)28-18-24(32)10-16-29(28)38-19-23-7-5-4-6-8-23/h4-18,31H,19H2,1-3H3/t31-/m0/s1. The fourth-order valence-electron chi connectivity index (χ4n) is 4.46. The smallest absolute Gasteiger partial charge is 0.198 e. The first-order valence-corrected chi connectivity index (χ1v) is 13.5. The number of ketones is 1. The Morgan fingerprint density at radius 2 is 1.63 bits per heavy atom. The summed E-state index contributed by atoms with van der Waals surface area (Å²) in [5, 5.41) is 7.34. The lowest BCUT2D eigenvalue weighted by molar-refractivity contribution is -0.111. The SMILES string of the molecule is CC(=O)C1=NN(c2ccc(Cl)cc2)[C@@H](c2cc(Br)ccc2OCc2ccccc2)N1c1ccc(C)c(C)c1. The molecular weight excluding hydrogens is 562 g/mol. The highest BCUT2D eigenvalue weighted by Gasteiger charge is 2.41. The number of benzene rings is 4. The second kappa shape index (κ2) is 11.0. The molecule has 4 aromatic carbocycles. The third-order valence-corrected chi connectivity index (χ3v) is 7.31. The zero-order valence-corrected chi connectivity index (χ0v) is 23.7. The van der Waals surface area contributed by atoms with Crippen molar-refractivity contribution in [3.63, 3.8) is 0 Å². The van der Waals surface area contributed by atoms with Crippen molar-refractivity contribution in [1.82, 2.24) is 0 Å². The molecule has 1 atom stereocenters. The van der Waals surface area contributed by atoms with Crippen LogP contribution >= 0.6 is 27.5 Å². The highest BCUT2D eigenvalue weighted by atomic mass is 79.9. The highest BCUT2D eigenvalue weighted by Crippen LogP contribution is 2.43. The number of amidine groups is 1. The molecule has 4 aromatic rings. The summed E-state index contributed by atoms with van der Waals surface area (Å²) in [5.41, 5.74) is 5.91. The molecule has 192 valence electrons. The predicted octanol–water partition coefficient (Wildman–Crippen LogP) is 8.23. The number of anilines is 2. The summed E-state index contributed by atoms with van der Waals surface area (Å²) in [6.45, 7) is 6.10. The first-order valence-electron chi connectivity index (χ1n) is 12.3. The molecule has 0 saturated heterocycles. The van der Waals surface area contributed by atoms with Crippen LogP contribution in [0.4, 0.5) is 11.4 Å². The van der Waals surface area contributed by atoms with Crippen molar-refractivity contribution >= 4 is 50.5 Å². The van der Waals surface area contributed by atoms with E-state index in [1.54, 1.807) is 6.92 Å². The third-order valence-electron chi connectivity index (χ3n) is 6.57. The molecule has 0 fully saturated rings. The Morgan fingerprint density at radius 3 is 2.32 bits per heavy atom. The van der Waals surface area contributed by atoms with Gasteiger partial charge in [0.25, 0.3) is 0 Å². The zero-order chi connectivity index (χ0) is 26.8. The molecule has 38 heavy (non-hydrogen) atoms. The maximum Gasteiger partial charge on any atom is 0.198 e. The van der Waals surface area contributed by atoms with Crippen molar-refractivity contribution in [2.24, 2.45) is 5.10 Å². The summed E-state index contributed by atoms with van der Waals surface area (Å²) in [5.74, 6) is 0.920. The molecule has 0 unspecified atom stereocenters. The molecule has 1 aliphatic heterocycles. The van der Waals surface area contributed by atoms with Crippen LogP contribution < -0.4 is 14.6 Å². The molecule has 7 heteroatoms. The molecule has 0 aliphatic carbocycles. The number of hydrogen-bond acceptors (Lipinski definition) is 5. The van der Waals surface area contributed by atoms with Crippen LogP contribution in [0.15, 0.2) is 101 Å². The molecule has 0 bridgehead atoms. The minimum atomic E-state index is -0.486. The average Bonchev–Trinajstić information content (AvgIpc) is 3.31. The number of Topliss-reactive ketones (excluding diaryl/α,β-unsaturated/α-hetero) is 1. The topological polar surface area (TPSA) is 45.1 Å². The van der Waals surface area contributed by atoms with Crippen LogP contribution in [0.1, 0.15) is 35.3 Å². The minimum Gasteiger partial charge on any atom is -0.488 e. The van der Waals surface area contributed by atoms with Crippen molar-refractivity contribution in [3.8, 4) is 5.75 Å². The van der Waals surface area contributed by atoms with Gasteiger partial charge in [-0.05, 0) is 85.1 Å². The molecule has 0 saturated carbocycles. The molecule has 5 rings (SSSR count). The molecule has 5 nitrogen and oxygen atoms in total. The van der Waals surface area contributed by atoms with Crippen molar-refractivity contribution in [2.75, 3.05) is 9.91 Å². The van der Waals surface area contributed by atoms with E-state index in [0.29, 0.717) is 23.2 Å². The van der Waals surface area contributed by atoms with E-state index in [1.807, 2.05) is 88.8 Å². The van der Waals surface area contributed by atoms with Gasteiger partial charge >= 0.3 is 0 Å². The number of nitrogens with zero attached hydrogens (tertiary/aromatic N) is 3. The Kier molecular flexibility index (Phi) is 7.54. The minimum absolute atomic E-state index is 0.133. The monoisotopic (exact) mass is 587 g/mol. The Balaban J connectivity index is 1.67. The van der Waals surface area contributed by atoms with E-state index in [9.17, 15) is 4.79 Å². The Hall–Kier alpha value is -3.61. The number of carbonyl (C=O) groups is 1. The van der Waals surface area contributed by atoms with Gasteiger partial charge in [-0.15, -0.1) is 5.10 Å². The van der Waals surface area contributed by atoms with E-state index in [4.69, 9.17) is 21.4 Å². The number of rotatable bonds is 7. The van der Waals surface area contributed by atoms with Gasteiger partial charge in [-0.3, -0.25) is 9.69 Å². The van der Waals surface area contributed by atoms with Gasteiger partial charge < -0.3 is 4.74 Å². The van der Waals surface area contributed by atoms with Gasteiger partial charge in [0.2, 0.25) is 0 Å². The summed E-state index contributed by atoms with van der Waals surface area (Å²) in [4.78, 5) is 15.0. The molecule has 1 aliphatic rings. The van der Waals surface area contributed by atoms with E-state index in [-0.39, 0.29) is 5.78 Å². The Bertz CT molecular complexity index is 1510. The molecule has 0 N–H and O–H groups in total. The maximum atomic E-state index is 13.0. The van der Waals surface area contributed by atoms with Crippen LogP contribution in [0.3, 0.4) is 0 Å². The fraction of sp³-hybridized carbons (Fsp3) is 0.161. The van der Waals surface area contributed by atoms with Gasteiger partial charge in [-0.1, -0.05) is 63.9 Å². The third kappa shape index (κ3) is 5.33. The molecule has 0 aromatic heterocycles. The van der Waals surface area contributed by atoms with Gasteiger partial charge in [0.15, 0.2) is 17.8 Å². The highest BCUT2D eigenvalue weighted by molar-refractivity contribution is 9.10. The largest absolute Gasteiger partial charge is 0.488 e. The van der Waals surface area contributed by atoms with Crippen LogP contribution in [0.25, 0.3) is 0 Å². The normalized spacial score (nSPS) is 15.0. The summed E-state index contributed by atoms with van der Waals surface area (Å²) in [6.07, 6.45) is -0.486. The van der Waals surface area contributed by atoms with Gasteiger partial charge in [-0.2, -0.15) is 0 Å².